The Kier molecular flexibility index (Phi) is 4.49. The maximum absolute atomic E-state index is 13.9. The molecular weight excluding hydrogens is 223 g/mol. The predicted molar refractivity (Wildman–Crippen MR) is 62.5 cm³/mol. The lowest BCUT2D eigenvalue weighted by Crippen LogP contribution is -2.20. The van der Waals surface area contributed by atoms with Gasteiger partial charge in [-0.3, -0.25) is 4.79 Å². The molecule has 0 spiro atoms. The van der Waals surface area contributed by atoms with E-state index in [4.69, 9.17) is 9.47 Å². The maximum atomic E-state index is 13.9. The fourth-order valence-corrected chi connectivity index (χ4v) is 1.77. The summed E-state index contributed by atoms with van der Waals surface area (Å²) < 4.78 is 23.5. The van der Waals surface area contributed by atoms with E-state index in [1.54, 1.807) is 12.1 Å². The molecule has 0 aliphatic rings. The van der Waals surface area contributed by atoms with Gasteiger partial charge in [0.15, 0.2) is 0 Å². The van der Waals surface area contributed by atoms with Crippen LogP contribution in [0.3, 0.4) is 0 Å². The molecule has 0 aliphatic heterocycles. The van der Waals surface area contributed by atoms with E-state index in [2.05, 4.69) is 0 Å². The van der Waals surface area contributed by atoms with Gasteiger partial charge in [0, 0.05) is 11.6 Å². The number of hydrogen-bond donors (Lipinski definition) is 0. The van der Waals surface area contributed by atoms with E-state index in [-0.39, 0.29) is 5.92 Å². The number of carbonyl (C=O) groups excluding carboxylic acids is 1. The van der Waals surface area contributed by atoms with E-state index >= 15 is 0 Å². The van der Waals surface area contributed by atoms with E-state index in [0.717, 1.165) is 0 Å². The van der Waals surface area contributed by atoms with E-state index in [9.17, 15) is 9.18 Å². The molecule has 0 N–H and O–H groups in total. The maximum Gasteiger partial charge on any atom is 0.313 e. The first kappa shape index (κ1) is 13.5. The number of methoxy groups -OCH3 is 2. The fourth-order valence-electron chi connectivity index (χ4n) is 1.77. The highest BCUT2D eigenvalue weighted by molar-refractivity contribution is 5.78. The predicted octanol–water partition coefficient (Wildman–Crippen LogP) is 2.75. The molecule has 3 nitrogen and oxygen atoms in total. The molecule has 1 aromatic rings. The van der Waals surface area contributed by atoms with Crippen LogP contribution in [0.4, 0.5) is 4.39 Å². The molecule has 0 saturated carbocycles. The van der Waals surface area contributed by atoms with Crippen molar-refractivity contribution in [3.05, 3.63) is 29.6 Å². The van der Waals surface area contributed by atoms with Crippen LogP contribution in [0, 0.1) is 11.7 Å². The van der Waals surface area contributed by atoms with Crippen LogP contribution < -0.4 is 4.74 Å². The molecule has 0 fully saturated rings. The minimum Gasteiger partial charge on any atom is -0.497 e. The zero-order chi connectivity index (χ0) is 13.0. The Morgan fingerprint density at radius 1 is 1.29 bits per heavy atom. The molecule has 0 amide bonds. The van der Waals surface area contributed by atoms with Gasteiger partial charge < -0.3 is 9.47 Å². The average Bonchev–Trinajstić information content (AvgIpc) is 2.30. The van der Waals surface area contributed by atoms with Crippen LogP contribution in [0.1, 0.15) is 25.3 Å². The summed E-state index contributed by atoms with van der Waals surface area (Å²) >= 11 is 0. The Morgan fingerprint density at radius 3 is 2.35 bits per heavy atom. The molecule has 17 heavy (non-hydrogen) atoms. The zero-order valence-electron chi connectivity index (χ0n) is 10.5. The largest absolute Gasteiger partial charge is 0.497 e. The number of rotatable bonds is 4. The molecule has 0 aliphatic carbocycles. The summed E-state index contributed by atoms with van der Waals surface area (Å²) in [6, 6.07) is 4.47. The van der Waals surface area contributed by atoms with Gasteiger partial charge in [-0.15, -0.1) is 0 Å². The van der Waals surface area contributed by atoms with E-state index in [0.29, 0.717) is 11.3 Å². The van der Waals surface area contributed by atoms with Gasteiger partial charge in [0.25, 0.3) is 0 Å². The topological polar surface area (TPSA) is 35.5 Å². The number of halogens is 1. The quantitative estimate of drug-likeness (QED) is 0.759. The SMILES string of the molecule is COC(=O)C(c1ccc(OC)cc1F)C(C)C. The number of benzene rings is 1. The van der Waals surface area contributed by atoms with Gasteiger partial charge in [0.1, 0.15) is 11.6 Å². The van der Waals surface area contributed by atoms with Crippen LogP contribution in [-0.2, 0) is 9.53 Å². The smallest absolute Gasteiger partial charge is 0.313 e. The average molecular weight is 240 g/mol. The molecule has 0 aromatic heterocycles. The van der Waals surface area contributed by atoms with Crippen molar-refractivity contribution in [3.8, 4) is 5.75 Å². The van der Waals surface area contributed by atoms with Gasteiger partial charge in [-0.1, -0.05) is 19.9 Å². The first-order valence-electron chi connectivity index (χ1n) is 5.42. The summed E-state index contributed by atoms with van der Waals surface area (Å²) in [4.78, 5) is 11.6. The van der Waals surface area contributed by atoms with Crippen molar-refractivity contribution >= 4 is 5.97 Å². The molecule has 0 bridgehead atoms. The Balaban J connectivity index is 3.15. The highest BCUT2D eigenvalue weighted by atomic mass is 19.1. The van der Waals surface area contributed by atoms with E-state index < -0.39 is 17.7 Å². The highest BCUT2D eigenvalue weighted by Gasteiger charge is 2.27. The van der Waals surface area contributed by atoms with Gasteiger partial charge in [0.05, 0.1) is 20.1 Å². The Labute approximate surface area is 101 Å². The van der Waals surface area contributed by atoms with Gasteiger partial charge in [-0.2, -0.15) is 0 Å². The third-order valence-electron chi connectivity index (χ3n) is 2.66. The van der Waals surface area contributed by atoms with Gasteiger partial charge in [-0.05, 0) is 12.0 Å². The molecule has 4 heteroatoms. The second-order valence-electron chi connectivity index (χ2n) is 4.13. The first-order chi connectivity index (χ1) is 8.01. The van der Waals surface area contributed by atoms with Crippen LogP contribution in [0.5, 0.6) is 5.75 Å². The minimum atomic E-state index is -0.592. The zero-order valence-corrected chi connectivity index (χ0v) is 10.5. The fraction of sp³-hybridized carbons (Fsp3) is 0.462. The molecule has 94 valence electrons. The molecule has 0 saturated heterocycles. The number of carbonyl (C=O) groups is 1. The summed E-state index contributed by atoms with van der Waals surface area (Å²) in [5.41, 5.74) is 0.340. The third kappa shape index (κ3) is 2.96. The second-order valence-corrected chi connectivity index (χ2v) is 4.13. The van der Waals surface area contributed by atoms with Crippen molar-refractivity contribution < 1.29 is 18.7 Å². The van der Waals surface area contributed by atoms with Crippen molar-refractivity contribution in [1.82, 2.24) is 0 Å². The summed E-state index contributed by atoms with van der Waals surface area (Å²) in [6.45, 7) is 3.70. The Morgan fingerprint density at radius 2 is 1.94 bits per heavy atom. The lowest BCUT2D eigenvalue weighted by Gasteiger charge is -2.19. The molecular formula is C13H17FO3. The third-order valence-corrected chi connectivity index (χ3v) is 2.66. The molecule has 1 atom stereocenters. The molecule has 1 unspecified atom stereocenters. The number of hydrogen-bond acceptors (Lipinski definition) is 3. The van der Waals surface area contributed by atoms with Gasteiger partial charge in [0.2, 0.25) is 0 Å². The van der Waals surface area contributed by atoms with Crippen molar-refractivity contribution in [2.24, 2.45) is 5.92 Å². The van der Waals surface area contributed by atoms with Gasteiger partial charge >= 0.3 is 5.97 Å². The normalized spacial score (nSPS) is 12.4. The number of esters is 1. The van der Waals surface area contributed by atoms with Crippen molar-refractivity contribution in [2.45, 2.75) is 19.8 Å². The molecule has 0 heterocycles. The molecule has 0 radical (unpaired) electrons. The molecule has 1 aromatic carbocycles. The summed E-state index contributed by atoms with van der Waals surface area (Å²) in [7, 11) is 2.77. The minimum absolute atomic E-state index is 0.0367. The monoisotopic (exact) mass is 240 g/mol. The van der Waals surface area contributed by atoms with Crippen molar-refractivity contribution in [1.29, 1.82) is 0 Å². The summed E-state index contributed by atoms with van der Waals surface area (Å²) in [5, 5.41) is 0. The van der Waals surface area contributed by atoms with Crippen LogP contribution in [0.15, 0.2) is 18.2 Å². The Bertz CT molecular complexity index is 402. The Hall–Kier alpha value is -1.58. The molecule has 1 rings (SSSR count). The number of ether oxygens (including phenoxy) is 2. The van der Waals surface area contributed by atoms with Crippen LogP contribution in [-0.4, -0.2) is 20.2 Å². The van der Waals surface area contributed by atoms with E-state index in [1.807, 2.05) is 13.8 Å². The van der Waals surface area contributed by atoms with Crippen molar-refractivity contribution in [3.63, 3.8) is 0 Å². The van der Waals surface area contributed by atoms with Crippen LogP contribution in [0.25, 0.3) is 0 Å². The summed E-state index contributed by atoms with van der Waals surface area (Å²) in [6.07, 6.45) is 0. The second kappa shape index (κ2) is 5.66. The van der Waals surface area contributed by atoms with Gasteiger partial charge in [-0.25, -0.2) is 4.39 Å². The standard InChI is InChI=1S/C13H17FO3/c1-8(2)12(13(15)17-4)10-6-5-9(16-3)7-11(10)14/h5-8,12H,1-4H3. The lowest BCUT2D eigenvalue weighted by molar-refractivity contribution is -0.143. The highest BCUT2D eigenvalue weighted by Crippen LogP contribution is 2.29. The van der Waals surface area contributed by atoms with Crippen LogP contribution in [0.2, 0.25) is 0 Å². The lowest BCUT2D eigenvalue weighted by atomic mass is 9.88. The van der Waals surface area contributed by atoms with Crippen LogP contribution >= 0.6 is 0 Å². The summed E-state index contributed by atoms with van der Waals surface area (Å²) in [5.74, 6) is -1.08. The first-order valence-corrected chi connectivity index (χ1v) is 5.42. The van der Waals surface area contributed by atoms with E-state index in [1.165, 1.54) is 20.3 Å². The van der Waals surface area contributed by atoms with Crippen molar-refractivity contribution in [2.75, 3.05) is 14.2 Å².